The van der Waals surface area contributed by atoms with Crippen molar-refractivity contribution < 1.29 is 14.6 Å². The first-order chi connectivity index (χ1) is 6.06. The summed E-state index contributed by atoms with van der Waals surface area (Å²) in [5, 5.41) is 9.30. The summed E-state index contributed by atoms with van der Waals surface area (Å²) in [5.41, 5.74) is 1.06. The molecule has 0 heterocycles. The SMILES string of the molecule is COC(=O)c1cc(C)c(O)cc1Br. The van der Waals surface area contributed by atoms with Gasteiger partial charge in [0.25, 0.3) is 0 Å². The van der Waals surface area contributed by atoms with Crippen molar-refractivity contribution in [2.45, 2.75) is 6.92 Å². The number of hydrogen-bond donors (Lipinski definition) is 1. The van der Waals surface area contributed by atoms with Crippen LogP contribution in [0.3, 0.4) is 0 Å². The number of hydrogen-bond acceptors (Lipinski definition) is 3. The molecule has 0 aromatic heterocycles. The van der Waals surface area contributed by atoms with Crippen molar-refractivity contribution >= 4 is 21.9 Å². The number of phenolic OH excluding ortho intramolecular Hbond substituents is 1. The maximum Gasteiger partial charge on any atom is 0.339 e. The van der Waals surface area contributed by atoms with E-state index in [2.05, 4.69) is 20.7 Å². The maximum absolute atomic E-state index is 11.2. The van der Waals surface area contributed by atoms with Gasteiger partial charge in [0, 0.05) is 4.47 Å². The van der Waals surface area contributed by atoms with Crippen molar-refractivity contribution in [1.29, 1.82) is 0 Å². The van der Waals surface area contributed by atoms with Crippen molar-refractivity contribution in [1.82, 2.24) is 0 Å². The number of rotatable bonds is 1. The molecule has 0 saturated heterocycles. The van der Waals surface area contributed by atoms with E-state index in [1.54, 1.807) is 13.0 Å². The molecule has 3 nitrogen and oxygen atoms in total. The van der Waals surface area contributed by atoms with E-state index in [-0.39, 0.29) is 5.75 Å². The molecule has 4 heteroatoms. The van der Waals surface area contributed by atoms with E-state index < -0.39 is 5.97 Å². The normalized spacial score (nSPS) is 9.77. The molecule has 0 aliphatic heterocycles. The molecule has 0 amide bonds. The predicted molar refractivity (Wildman–Crippen MR) is 51.9 cm³/mol. The topological polar surface area (TPSA) is 46.5 Å². The Kier molecular flexibility index (Phi) is 2.93. The van der Waals surface area contributed by atoms with E-state index in [0.717, 1.165) is 0 Å². The number of phenols is 1. The van der Waals surface area contributed by atoms with Gasteiger partial charge in [0.05, 0.1) is 12.7 Å². The van der Waals surface area contributed by atoms with Crippen LogP contribution in [-0.2, 0) is 4.74 Å². The molecule has 0 atom stereocenters. The standard InChI is InChI=1S/C9H9BrO3/c1-5-3-6(9(12)13-2)7(10)4-8(5)11/h3-4,11H,1-2H3. The van der Waals surface area contributed by atoms with E-state index in [4.69, 9.17) is 0 Å². The van der Waals surface area contributed by atoms with Crippen molar-refractivity contribution in [2.75, 3.05) is 7.11 Å². The Hall–Kier alpha value is -1.03. The molecule has 0 saturated carbocycles. The fourth-order valence-electron chi connectivity index (χ4n) is 0.937. The summed E-state index contributed by atoms with van der Waals surface area (Å²) < 4.78 is 5.09. The smallest absolute Gasteiger partial charge is 0.339 e. The summed E-state index contributed by atoms with van der Waals surface area (Å²) >= 11 is 3.16. The van der Waals surface area contributed by atoms with Gasteiger partial charge in [-0.3, -0.25) is 0 Å². The van der Waals surface area contributed by atoms with Crippen LogP contribution >= 0.6 is 15.9 Å². The third-order valence-electron chi connectivity index (χ3n) is 1.69. The molecule has 1 N–H and O–H groups in total. The van der Waals surface area contributed by atoms with Crippen LogP contribution in [0.4, 0.5) is 0 Å². The second-order valence-electron chi connectivity index (χ2n) is 2.61. The van der Waals surface area contributed by atoms with Crippen molar-refractivity contribution in [3.05, 3.63) is 27.7 Å². The molecule has 0 spiro atoms. The van der Waals surface area contributed by atoms with Crippen molar-refractivity contribution in [3.8, 4) is 5.75 Å². The average Bonchev–Trinajstić information content (AvgIpc) is 2.10. The highest BCUT2D eigenvalue weighted by molar-refractivity contribution is 9.10. The van der Waals surface area contributed by atoms with Gasteiger partial charge in [-0.2, -0.15) is 0 Å². The van der Waals surface area contributed by atoms with Gasteiger partial charge in [-0.1, -0.05) is 0 Å². The van der Waals surface area contributed by atoms with Gasteiger partial charge < -0.3 is 9.84 Å². The first-order valence-electron chi connectivity index (χ1n) is 3.63. The van der Waals surface area contributed by atoms with E-state index in [1.165, 1.54) is 13.2 Å². The van der Waals surface area contributed by atoms with Crippen molar-refractivity contribution in [3.63, 3.8) is 0 Å². The highest BCUT2D eigenvalue weighted by atomic mass is 79.9. The monoisotopic (exact) mass is 244 g/mol. The molecule has 0 fully saturated rings. The number of aryl methyl sites for hydroxylation is 1. The molecule has 0 aliphatic rings. The minimum absolute atomic E-state index is 0.152. The fourth-order valence-corrected chi connectivity index (χ4v) is 1.43. The lowest BCUT2D eigenvalue weighted by Crippen LogP contribution is -2.02. The molecule has 1 aromatic carbocycles. The van der Waals surface area contributed by atoms with Gasteiger partial charge >= 0.3 is 5.97 Å². The highest BCUT2D eigenvalue weighted by Crippen LogP contribution is 2.26. The van der Waals surface area contributed by atoms with Crippen LogP contribution in [-0.4, -0.2) is 18.2 Å². The largest absolute Gasteiger partial charge is 0.508 e. The Bertz CT molecular complexity index is 347. The van der Waals surface area contributed by atoms with Gasteiger partial charge in [0.1, 0.15) is 5.75 Å². The summed E-state index contributed by atoms with van der Waals surface area (Å²) in [6.45, 7) is 1.72. The van der Waals surface area contributed by atoms with Crippen LogP contribution < -0.4 is 0 Å². The first-order valence-corrected chi connectivity index (χ1v) is 4.43. The Labute approximate surface area is 84.5 Å². The molecule has 1 aromatic rings. The second-order valence-corrected chi connectivity index (χ2v) is 3.46. The lowest BCUT2D eigenvalue weighted by atomic mass is 10.1. The van der Waals surface area contributed by atoms with Crippen LogP contribution in [0, 0.1) is 6.92 Å². The number of carbonyl (C=O) groups is 1. The molecule has 70 valence electrons. The first kappa shape index (κ1) is 10.1. The second kappa shape index (κ2) is 3.79. The van der Waals surface area contributed by atoms with E-state index >= 15 is 0 Å². The minimum Gasteiger partial charge on any atom is -0.508 e. The van der Waals surface area contributed by atoms with E-state index in [1.807, 2.05) is 0 Å². The summed E-state index contributed by atoms with van der Waals surface area (Å²) in [6, 6.07) is 3.05. The van der Waals surface area contributed by atoms with E-state index in [9.17, 15) is 9.90 Å². The third-order valence-corrected chi connectivity index (χ3v) is 2.35. The number of halogens is 1. The van der Waals surface area contributed by atoms with Crippen LogP contribution in [0.15, 0.2) is 16.6 Å². The Morgan fingerprint density at radius 2 is 2.15 bits per heavy atom. The van der Waals surface area contributed by atoms with E-state index in [0.29, 0.717) is 15.6 Å². The lowest BCUT2D eigenvalue weighted by molar-refractivity contribution is 0.0599. The molecule has 0 aliphatic carbocycles. The molecule has 1 rings (SSSR count). The molecular weight excluding hydrogens is 236 g/mol. The number of aromatic hydroxyl groups is 1. The molecule has 0 unspecified atom stereocenters. The highest BCUT2D eigenvalue weighted by Gasteiger charge is 2.12. The number of methoxy groups -OCH3 is 1. The zero-order chi connectivity index (χ0) is 10.0. The Balaban J connectivity index is 3.23. The van der Waals surface area contributed by atoms with Gasteiger partial charge in [-0.25, -0.2) is 4.79 Å². The van der Waals surface area contributed by atoms with Gasteiger partial charge in [0.15, 0.2) is 0 Å². The third kappa shape index (κ3) is 2.01. The number of ether oxygens (including phenoxy) is 1. The zero-order valence-corrected chi connectivity index (χ0v) is 8.88. The minimum atomic E-state index is -0.421. The van der Waals surface area contributed by atoms with Gasteiger partial charge in [-0.15, -0.1) is 0 Å². The van der Waals surface area contributed by atoms with Crippen LogP contribution in [0.25, 0.3) is 0 Å². The maximum atomic E-state index is 11.2. The summed E-state index contributed by atoms with van der Waals surface area (Å²) in [7, 11) is 1.32. The van der Waals surface area contributed by atoms with Gasteiger partial charge in [-0.05, 0) is 40.5 Å². The molecule has 13 heavy (non-hydrogen) atoms. The number of benzene rings is 1. The van der Waals surface area contributed by atoms with Crippen LogP contribution in [0.1, 0.15) is 15.9 Å². The van der Waals surface area contributed by atoms with Crippen molar-refractivity contribution in [2.24, 2.45) is 0 Å². The fraction of sp³-hybridized carbons (Fsp3) is 0.222. The molecule has 0 radical (unpaired) electrons. The summed E-state index contributed by atoms with van der Waals surface area (Å²) in [5.74, 6) is -0.269. The zero-order valence-electron chi connectivity index (χ0n) is 7.30. The Morgan fingerprint density at radius 1 is 1.54 bits per heavy atom. The summed E-state index contributed by atoms with van der Waals surface area (Å²) in [4.78, 5) is 11.2. The lowest BCUT2D eigenvalue weighted by Gasteiger charge is -2.05. The number of esters is 1. The number of carbonyl (C=O) groups excluding carboxylic acids is 1. The quantitative estimate of drug-likeness (QED) is 0.772. The molecular formula is C9H9BrO3. The van der Waals surface area contributed by atoms with Crippen LogP contribution in [0.2, 0.25) is 0 Å². The Morgan fingerprint density at radius 3 is 2.69 bits per heavy atom. The van der Waals surface area contributed by atoms with Gasteiger partial charge in [0.2, 0.25) is 0 Å². The average molecular weight is 245 g/mol. The summed E-state index contributed by atoms with van der Waals surface area (Å²) in [6.07, 6.45) is 0. The van der Waals surface area contributed by atoms with Crippen LogP contribution in [0.5, 0.6) is 5.75 Å². The predicted octanol–water partition coefficient (Wildman–Crippen LogP) is 2.25. The molecule has 0 bridgehead atoms.